The topological polar surface area (TPSA) is 71.4 Å². The van der Waals surface area contributed by atoms with Crippen molar-refractivity contribution in [2.75, 3.05) is 18.5 Å². The lowest BCUT2D eigenvalue weighted by Crippen LogP contribution is -2.17. The van der Waals surface area contributed by atoms with E-state index in [4.69, 9.17) is 14.7 Å². The quantitative estimate of drug-likeness (QED) is 0.945. The number of amides is 1. The Morgan fingerprint density at radius 1 is 1.09 bits per heavy atom. The van der Waals surface area contributed by atoms with Crippen LogP contribution in [0.4, 0.5) is 5.69 Å². The zero-order valence-corrected chi connectivity index (χ0v) is 11.8. The van der Waals surface area contributed by atoms with Gasteiger partial charge in [-0.05, 0) is 35.9 Å². The van der Waals surface area contributed by atoms with Crippen LogP contribution in [-0.4, -0.2) is 19.1 Å². The van der Waals surface area contributed by atoms with Crippen molar-refractivity contribution in [1.82, 2.24) is 0 Å². The Morgan fingerprint density at radius 2 is 1.82 bits per heavy atom. The van der Waals surface area contributed by atoms with Gasteiger partial charge in [-0.3, -0.25) is 4.79 Å². The lowest BCUT2D eigenvalue weighted by atomic mass is 10.1. The van der Waals surface area contributed by atoms with E-state index in [-0.39, 0.29) is 5.91 Å². The van der Waals surface area contributed by atoms with Crippen molar-refractivity contribution in [2.45, 2.75) is 6.42 Å². The summed E-state index contributed by atoms with van der Waals surface area (Å²) in [7, 11) is 0. The average molecular weight is 294 g/mol. The first-order valence-corrected chi connectivity index (χ1v) is 6.93. The first-order chi connectivity index (χ1) is 10.8. The van der Waals surface area contributed by atoms with Gasteiger partial charge in [0.1, 0.15) is 13.2 Å². The Hall–Kier alpha value is -3.00. The van der Waals surface area contributed by atoms with Crippen molar-refractivity contribution in [1.29, 1.82) is 5.26 Å². The van der Waals surface area contributed by atoms with Crippen molar-refractivity contribution in [3.8, 4) is 17.6 Å². The third-order valence-electron chi connectivity index (χ3n) is 3.30. The summed E-state index contributed by atoms with van der Waals surface area (Å²) in [5.74, 6) is 1.02. The molecule has 1 aliphatic heterocycles. The molecule has 0 aliphatic carbocycles. The lowest BCUT2D eigenvalue weighted by molar-refractivity contribution is 0.102. The van der Waals surface area contributed by atoms with Crippen molar-refractivity contribution in [3.63, 3.8) is 0 Å². The number of benzene rings is 2. The SMILES string of the molecule is N#CCc1ccc(NC(=O)c2ccc3c(c2)OCCO3)cc1. The Bertz CT molecular complexity index is 733. The number of anilines is 1. The van der Waals surface area contributed by atoms with Crippen LogP contribution in [0.15, 0.2) is 42.5 Å². The Kier molecular flexibility index (Phi) is 3.92. The first-order valence-electron chi connectivity index (χ1n) is 6.93. The minimum absolute atomic E-state index is 0.218. The van der Waals surface area contributed by atoms with Gasteiger partial charge in [-0.1, -0.05) is 12.1 Å². The molecule has 0 bridgehead atoms. The van der Waals surface area contributed by atoms with Crippen LogP contribution in [0.5, 0.6) is 11.5 Å². The number of nitrogens with zero attached hydrogens (tertiary/aromatic N) is 1. The molecule has 0 radical (unpaired) electrons. The summed E-state index contributed by atoms with van der Waals surface area (Å²) in [5, 5.41) is 11.5. The lowest BCUT2D eigenvalue weighted by Gasteiger charge is -2.18. The Morgan fingerprint density at radius 3 is 2.55 bits per heavy atom. The van der Waals surface area contributed by atoms with E-state index in [0.29, 0.717) is 42.4 Å². The van der Waals surface area contributed by atoms with E-state index in [1.807, 2.05) is 12.1 Å². The van der Waals surface area contributed by atoms with Gasteiger partial charge >= 0.3 is 0 Å². The molecule has 0 saturated heterocycles. The van der Waals surface area contributed by atoms with Gasteiger partial charge in [-0.15, -0.1) is 0 Å². The standard InChI is InChI=1S/C17H14N2O3/c18-8-7-12-1-4-14(5-2-12)19-17(20)13-3-6-15-16(11-13)22-10-9-21-15/h1-6,11H,7,9-10H2,(H,19,20). The molecule has 1 N–H and O–H groups in total. The number of nitrogens with one attached hydrogen (secondary N) is 1. The van der Waals surface area contributed by atoms with E-state index in [2.05, 4.69) is 11.4 Å². The molecule has 5 heteroatoms. The van der Waals surface area contributed by atoms with Crippen molar-refractivity contribution < 1.29 is 14.3 Å². The van der Waals surface area contributed by atoms with Crippen molar-refractivity contribution >= 4 is 11.6 Å². The van der Waals surface area contributed by atoms with Gasteiger partial charge in [0, 0.05) is 11.3 Å². The summed E-state index contributed by atoms with van der Waals surface area (Å²) in [4.78, 5) is 12.3. The van der Waals surface area contributed by atoms with Crippen LogP contribution in [0.3, 0.4) is 0 Å². The molecular weight excluding hydrogens is 280 g/mol. The molecule has 110 valence electrons. The number of carbonyl (C=O) groups excluding carboxylic acids is 1. The predicted octanol–water partition coefficient (Wildman–Crippen LogP) is 2.78. The average Bonchev–Trinajstić information content (AvgIpc) is 2.56. The fourth-order valence-corrected chi connectivity index (χ4v) is 2.19. The van der Waals surface area contributed by atoms with Gasteiger partial charge in [0.15, 0.2) is 11.5 Å². The van der Waals surface area contributed by atoms with Gasteiger partial charge in [-0.25, -0.2) is 0 Å². The molecule has 0 atom stereocenters. The molecule has 3 rings (SSSR count). The molecule has 0 spiro atoms. The van der Waals surface area contributed by atoms with Gasteiger partial charge < -0.3 is 14.8 Å². The number of nitriles is 1. The van der Waals surface area contributed by atoms with Crippen LogP contribution < -0.4 is 14.8 Å². The van der Waals surface area contributed by atoms with E-state index in [1.165, 1.54) is 0 Å². The molecular formula is C17H14N2O3. The predicted molar refractivity (Wildman–Crippen MR) is 81.1 cm³/mol. The van der Waals surface area contributed by atoms with Gasteiger partial charge in [0.25, 0.3) is 5.91 Å². The maximum Gasteiger partial charge on any atom is 0.255 e. The van der Waals surface area contributed by atoms with E-state index < -0.39 is 0 Å². The number of ether oxygens (including phenoxy) is 2. The maximum absolute atomic E-state index is 12.3. The monoisotopic (exact) mass is 294 g/mol. The number of fused-ring (bicyclic) bond motifs is 1. The van der Waals surface area contributed by atoms with Crippen molar-refractivity contribution in [2.24, 2.45) is 0 Å². The highest BCUT2D eigenvalue weighted by molar-refractivity contribution is 6.04. The summed E-state index contributed by atoms with van der Waals surface area (Å²) in [6.07, 6.45) is 0.358. The molecule has 0 saturated carbocycles. The summed E-state index contributed by atoms with van der Waals surface area (Å²) < 4.78 is 10.9. The maximum atomic E-state index is 12.3. The Balaban J connectivity index is 1.72. The van der Waals surface area contributed by atoms with Crippen LogP contribution in [0.1, 0.15) is 15.9 Å². The molecule has 1 amide bonds. The number of rotatable bonds is 3. The summed E-state index contributed by atoms with van der Waals surface area (Å²) >= 11 is 0. The molecule has 2 aromatic carbocycles. The molecule has 0 aromatic heterocycles. The van der Waals surface area contributed by atoms with Crippen LogP contribution in [0.25, 0.3) is 0 Å². The van der Waals surface area contributed by atoms with Crippen LogP contribution in [-0.2, 0) is 6.42 Å². The molecule has 22 heavy (non-hydrogen) atoms. The summed E-state index contributed by atoms with van der Waals surface area (Å²) in [5.41, 5.74) is 2.10. The van der Waals surface area contributed by atoms with Crippen molar-refractivity contribution in [3.05, 3.63) is 53.6 Å². The van der Waals surface area contributed by atoms with Gasteiger partial charge in [0.2, 0.25) is 0 Å². The number of hydrogen-bond acceptors (Lipinski definition) is 4. The van der Waals surface area contributed by atoms with E-state index in [0.717, 1.165) is 5.56 Å². The van der Waals surface area contributed by atoms with Crippen LogP contribution in [0.2, 0.25) is 0 Å². The largest absolute Gasteiger partial charge is 0.486 e. The molecule has 0 fully saturated rings. The second-order valence-electron chi connectivity index (χ2n) is 4.84. The second kappa shape index (κ2) is 6.19. The fourth-order valence-electron chi connectivity index (χ4n) is 2.19. The summed E-state index contributed by atoms with van der Waals surface area (Å²) in [6.45, 7) is 1.01. The molecule has 2 aromatic rings. The summed E-state index contributed by atoms with van der Waals surface area (Å²) in [6, 6.07) is 14.4. The molecule has 5 nitrogen and oxygen atoms in total. The highest BCUT2D eigenvalue weighted by Crippen LogP contribution is 2.30. The number of hydrogen-bond donors (Lipinski definition) is 1. The van der Waals surface area contributed by atoms with Crippen LogP contribution in [0, 0.1) is 11.3 Å². The minimum atomic E-state index is -0.218. The Labute approximate surface area is 128 Å². The second-order valence-corrected chi connectivity index (χ2v) is 4.84. The third-order valence-corrected chi connectivity index (χ3v) is 3.30. The van der Waals surface area contributed by atoms with Gasteiger partial charge in [-0.2, -0.15) is 5.26 Å². The first kappa shape index (κ1) is 14.0. The number of carbonyl (C=O) groups is 1. The highest BCUT2D eigenvalue weighted by atomic mass is 16.6. The normalized spacial score (nSPS) is 12.3. The highest BCUT2D eigenvalue weighted by Gasteiger charge is 2.15. The molecule has 1 aliphatic rings. The zero-order valence-electron chi connectivity index (χ0n) is 11.8. The molecule has 0 unspecified atom stereocenters. The van der Waals surface area contributed by atoms with Gasteiger partial charge in [0.05, 0.1) is 12.5 Å². The smallest absolute Gasteiger partial charge is 0.255 e. The zero-order chi connectivity index (χ0) is 15.4. The fraction of sp³-hybridized carbons (Fsp3) is 0.176. The van der Waals surface area contributed by atoms with E-state index in [9.17, 15) is 4.79 Å². The van der Waals surface area contributed by atoms with Crippen LogP contribution >= 0.6 is 0 Å². The molecule has 1 heterocycles. The minimum Gasteiger partial charge on any atom is -0.486 e. The van der Waals surface area contributed by atoms with E-state index >= 15 is 0 Å². The third kappa shape index (κ3) is 3.01. The van der Waals surface area contributed by atoms with E-state index in [1.54, 1.807) is 30.3 Å².